The summed E-state index contributed by atoms with van der Waals surface area (Å²) in [5.41, 5.74) is 3.14. The Labute approximate surface area is 188 Å². The minimum Gasteiger partial charge on any atom is -0.508 e. The highest BCUT2D eigenvalue weighted by atomic mass is 32.2. The van der Waals surface area contributed by atoms with E-state index in [1.165, 1.54) is 24.3 Å². The summed E-state index contributed by atoms with van der Waals surface area (Å²) in [6.45, 7) is 0. The van der Waals surface area contributed by atoms with Crippen LogP contribution in [0, 0.1) is 0 Å². The topological polar surface area (TPSA) is 99.4 Å². The lowest BCUT2D eigenvalue weighted by atomic mass is 10.1. The number of rotatable bonds is 8. The van der Waals surface area contributed by atoms with E-state index >= 15 is 0 Å². The summed E-state index contributed by atoms with van der Waals surface area (Å²) in [7, 11) is -0.151. The van der Waals surface area contributed by atoms with Gasteiger partial charge in [-0.1, -0.05) is 12.1 Å². The molecule has 0 saturated heterocycles. The average Bonchev–Trinajstić information content (AvgIpc) is 2.79. The summed E-state index contributed by atoms with van der Waals surface area (Å²) < 4.78 is 25.1. The van der Waals surface area contributed by atoms with Crippen molar-refractivity contribution in [3.05, 3.63) is 78.4 Å². The standard InChI is InChI=1S/C24H25N3O4S/c1-27(2)21-12-8-19(9-13-21)25-26-20-10-16-23(17-11-20)32(30,31)24(29)5-3-4-18-6-14-22(28)15-7-18/h6-17,28H,3-5H2,1-2H3. The summed E-state index contributed by atoms with van der Waals surface area (Å²) in [6.07, 6.45) is 0.881. The number of azo groups is 1. The molecule has 0 amide bonds. The molecule has 0 heterocycles. The van der Waals surface area contributed by atoms with E-state index in [1.54, 1.807) is 24.3 Å². The maximum atomic E-state index is 12.6. The van der Waals surface area contributed by atoms with Gasteiger partial charge in [0.2, 0.25) is 9.84 Å². The van der Waals surface area contributed by atoms with E-state index in [0.717, 1.165) is 11.3 Å². The maximum absolute atomic E-state index is 12.6. The van der Waals surface area contributed by atoms with Crippen molar-refractivity contribution in [3.8, 4) is 5.75 Å². The molecule has 0 radical (unpaired) electrons. The molecule has 1 N–H and O–H groups in total. The highest BCUT2D eigenvalue weighted by Crippen LogP contribution is 2.23. The molecule has 0 spiro atoms. The molecule has 166 valence electrons. The highest BCUT2D eigenvalue weighted by molar-refractivity contribution is 8.06. The molecule has 3 aromatic carbocycles. The summed E-state index contributed by atoms with van der Waals surface area (Å²) in [5, 5.41) is 16.8. The Kier molecular flexibility index (Phi) is 7.37. The van der Waals surface area contributed by atoms with Gasteiger partial charge in [-0.05, 0) is 79.1 Å². The molecule has 8 heteroatoms. The van der Waals surface area contributed by atoms with Crippen LogP contribution in [0.1, 0.15) is 18.4 Å². The van der Waals surface area contributed by atoms with Crippen LogP contribution < -0.4 is 4.90 Å². The highest BCUT2D eigenvalue weighted by Gasteiger charge is 2.24. The Hall–Kier alpha value is -3.52. The van der Waals surface area contributed by atoms with Crippen molar-refractivity contribution < 1.29 is 18.3 Å². The van der Waals surface area contributed by atoms with E-state index < -0.39 is 15.0 Å². The van der Waals surface area contributed by atoms with Crippen molar-refractivity contribution in [2.45, 2.75) is 24.2 Å². The van der Waals surface area contributed by atoms with Crippen LogP contribution in [0.15, 0.2) is 87.9 Å². The van der Waals surface area contributed by atoms with Gasteiger partial charge in [0.25, 0.3) is 5.12 Å². The van der Waals surface area contributed by atoms with Gasteiger partial charge in [-0.25, -0.2) is 8.42 Å². The van der Waals surface area contributed by atoms with E-state index in [-0.39, 0.29) is 17.1 Å². The number of phenols is 1. The molecular formula is C24H25N3O4S. The molecule has 3 aromatic rings. The number of sulfone groups is 1. The molecule has 7 nitrogen and oxygen atoms in total. The molecule has 32 heavy (non-hydrogen) atoms. The van der Waals surface area contributed by atoms with Gasteiger partial charge in [-0.2, -0.15) is 10.2 Å². The van der Waals surface area contributed by atoms with Crippen LogP contribution in [-0.4, -0.2) is 32.7 Å². The fourth-order valence-corrected chi connectivity index (χ4v) is 4.16. The Bertz CT molecular complexity index is 1190. The second kappa shape index (κ2) is 10.2. The van der Waals surface area contributed by atoms with Crippen LogP contribution >= 0.6 is 0 Å². The molecule has 0 aliphatic rings. The van der Waals surface area contributed by atoms with Gasteiger partial charge in [0, 0.05) is 26.2 Å². The van der Waals surface area contributed by atoms with Crippen molar-refractivity contribution in [2.75, 3.05) is 19.0 Å². The van der Waals surface area contributed by atoms with Gasteiger partial charge < -0.3 is 10.0 Å². The fraction of sp³-hybridized carbons (Fsp3) is 0.208. The number of hydrogen-bond donors (Lipinski definition) is 1. The number of nitrogens with zero attached hydrogens (tertiary/aromatic N) is 3. The zero-order valence-corrected chi connectivity index (χ0v) is 18.8. The molecule has 0 aliphatic heterocycles. The zero-order valence-electron chi connectivity index (χ0n) is 18.0. The molecule has 0 aromatic heterocycles. The first-order chi connectivity index (χ1) is 15.3. The average molecular weight is 452 g/mol. The van der Waals surface area contributed by atoms with Crippen molar-refractivity contribution in [2.24, 2.45) is 10.2 Å². The number of benzene rings is 3. The number of phenolic OH excluding ortho intramolecular Hbond substituents is 1. The third kappa shape index (κ3) is 6.01. The predicted octanol–water partition coefficient (Wildman–Crippen LogP) is 5.20. The van der Waals surface area contributed by atoms with Crippen molar-refractivity contribution in [1.29, 1.82) is 0 Å². The Morgan fingerprint density at radius 3 is 1.91 bits per heavy atom. The van der Waals surface area contributed by atoms with Gasteiger partial charge in [-0.15, -0.1) is 0 Å². The van der Waals surface area contributed by atoms with Gasteiger partial charge in [0.05, 0.1) is 16.3 Å². The largest absolute Gasteiger partial charge is 0.508 e. The van der Waals surface area contributed by atoms with E-state index in [2.05, 4.69) is 10.2 Å². The van der Waals surface area contributed by atoms with Crippen molar-refractivity contribution in [1.82, 2.24) is 0 Å². The van der Waals surface area contributed by atoms with Crippen LogP contribution in [0.4, 0.5) is 17.1 Å². The molecule has 0 atom stereocenters. The first kappa shape index (κ1) is 23.1. The van der Waals surface area contributed by atoms with Crippen LogP contribution in [0.25, 0.3) is 0 Å². The minimum absolute atomic E-state index is 0.0542. The van der Waals surface area contributed by atoms with E-state index in [9.17, 15) is 18.3 Å². The second-order valence-corrected chi connectivity index (χ2v) is 9.43. The normalized spacial score (nSPS) is 11.6. The van der Waals surface area contributed by atoms with Gasteiger partial charge >= 0.3 is 0 Å². The van der Waals surface area contributed by atoms with Gasteiger partial charge in [-0.3, -0.25) is 4.79 Å². The van der Waals surface area contributed by atoms with Crippen molar-refractivity contribution in [3.63, 3.8) is 0 Å². The molecule has 3 rings (SSSR count). The van der Waals surface area contributed by atoms with Gasteiger partial charge in [0.1, 0.15) is 5.75 Å². The van der Waals surface area contributed by atoms with Crippen LogP contribution in [0.2, 0.25) is 0 Å². The number of anilines is 1. The maximum Gasteiger partial charge on any atom is 0.251 e. The first-order valence-corrected chi connectivity index (χ1v) is 11.6. The minimum atomic E-state index is -4.05. The van der Waals surface area contributed by atoms with Crippen LogP contribution in [0.5, 0.6) is 5.75 Å². The Morgan fingerprint density at radius 1 is 0.844 bits per heavy atom. The SMILES string of the molecule is CN(C)c1ccc(N=Nc2ccc(S(=O)(=O)C(=O)CCCc3ccc(O)cc3)cc2)cc1. The molecule has 0 bridgehead atoms. The van der Waals surface area contributed by atoms with E-state index in [4.69, 9.17) is 0 Å². The Balaban J connectivity index is 1.59. The van der Waals surface area contributed by atoms with E-state index in [0.29, 0.717) is 24.2 Å². The smallest absolute Gasteiger partial charge is 0.251 e. The molecule has 0 fully saturated rings. The lowest BCUT2D eigenvalue weighted by Gasteiger charge is -2.11. The zero-order chi connectivity index (χ0) is 23.1. The summed E-state index contributed by atoms with van der Waals surface area (Å²) in [5.74, 6) is 0.164. The lowest BCUT2D eigenvalue weighted by Crippen LogP contribution is -2.15. The monoisotopic (exact) mass is 451 g/mol. The number of aryl methyl sites for hydroxylation is 1. The quantitative estimate of drug-likeness (QED) is 0.475. The number of hydrogen-bond acceptors (Lipinski definition) is 7. The molecule has 0 saturated carbocycles. The third-order valence-corrected chi connectivity index (χ3v) is 6.57. The third-order valence-electron chi connectivity index (χ3n) is 4.88. The van der Waals surface area contributed by atoms with Crippen LogP contribution in [0.3, 0.4) is 0 Å². The predicted molar refractivity (Wildman–Crippen MR) is 125 cm³/mol. The molecule has 0 unspecified atom stereocenters. The Morgan fingerprint density at radius 2 is 1.38 bits per heavy atom. The second-order valence-electron chi connectivity index (χ2n) is 7.50. The number of aromatic hydroxyl groups is 1. The van der Waals surface area contributed by atoms with E-state index in [1.807, 2.05) is 43.3 Å². The van der Waals surface area contributed by atoms with Gasteiger partial charge in [0.15, 0.2) is 0 Å². The molecular weight excluding hydrogens is 426 g/mol. The first-order valence-electron chi connectivity index (χ1n) is 10.1. The number of carbonyl (C=O) groups is 1. The summed E-state index contributed by atoms with van der Waals surface area (Å²) in [6, 6.07) is 19.9. The lowest BCUT2D eigenvalue weighted by molar-refractivity contribution is -0.111. The van der Waals surface area contributed by atoms with Crippen LogP contribution in [-0.2, 0) is 21.1 Å². The molecule has 0 aliphatic carbocycles. The summed E-state index contributed by atoms with van der Waals surface area (Å²) in [4.78, 5) is 14.2. The fourth-order valence-electron chi connectivity index (χ4n) is 2.99. The number of carbonyl (C=O) groups excluding carboxylic acids is 1. The summed E-state index contributed by atoms with van der Waals surface area (Å²) >= 11 is 0. The van der Waals surface area contributed by atoms with Crippen molar-refractivity contribution >= 4 is 32.0 Å².